The molecule has 7 nitrogen and oxygen atoms in total. The molecular formula is C13H15F2N5O2S. The summed E-state index contributed by atoms with van der Waals surface area (Å²) in [4.78, 5) is 13.6. The third-order valence-corrected chi connectivity index (χ3v) is 3.90. The molecular weight excluding hydrogens is 328 g/mol. The molecule has 1 aromatic heterocycles. The number of alkyl halides is 2. The number of nitrogens with zero attached hydrogens (tertiary/aromatic N) is 5. The Labute approximate surface area is 135 Å². The fourth-order valence-electron chi connectivity index (χ4n) is 1.72. The molecule has 0 aliphatic carbocycles. The predicted octanol–water partition coefficient (Wildman–Crippen LogP) is 1.56. The number of hydrogen-bond donors (Lipinski definition) is 0. The maximum absolute atomic E-state index is 12.1. The van der Waals surface area contributed by atoms with Crippen LogP contribution >= 0.6 is 11.8 Å². The molecule has 1 aromatic carbocycles. The summed E-state index contributed by atoms with van der Waals surface area (Å²) in [5, 5.41) is 11.5. The topological polar surface area (TPSA) is 73.1 Å². The highest BCUT2D eigenvalue weighted by Gasteiger charge is 2.12. The monoisotopic (exact) mass is 343 g/mol. The maximum Gasteiger partial charge on any atom is 0.387 e. The van der Waals surface area contributed by atoms with Crippen LogP contribution in [0.2, 0.25) is 0 Å². The normalized spacial score (nSPS) is 10.8. The van der Waals surface area contributed by atoms with Crippen LogP contribution in [0.15, 0.2) is 29.4 Å². The van der Waals surface area contributed by atoms with E-state index in [-0.39, 0.29) is 17.4 Å². The first kappa shape index (κ1) is 17.1. The summed E-state index contributed by atoms with van der Waals surface area (Å²) in [5.41, 5.74) is 0.813. The van der Waals surface area contributed by atoms with Crippen LogP contribution in [0.25, 0.3) is 0 Å². The number of aromatic nitrogens is 4. The molecule has 124 valence electrons. The highest BCUT2D eigenvalue weighted by molar-refractivity contribution is 7.99. The highest BCUT2D eigenvalue weighted by atomic mass is 32.2. The lowest BCUT2D eigenvalue weighted by Gasteiger charge is -2.17. The number of hydrogen-bond acceptors (Lipinski definition) is 6. The van der Waals surface area contributed by atoms with Gasteiger partial charge in [0.15, 0.2) is 0 Å². The van der Waals surface area contributed by atoms with E-state index in [1.165, 1.54) is 28.6 Å². The van der Waals surface area contributed by atoms with Crippen molar-refractivity contribution in [2.75, 3.05) is 12.8 Å². The standard InChI is InChI=1S/C13H15F2N5O2S/c1-19(11(21)8-23-13-16-17-18-20(13)2)7-9-3-5-10(6-4-9)22-12(14)15/h3-6,12H,7-8H2,1-2H3. The lowest BCUT2D eigenvalue weighted by Crippen LogP contribution is -2.27. The lowest BCUT2D eigenvalue weighted by atomic mass is 10.2. The van der Waals surface area contributed by atoms with E-state index in [0.717, 1.165) is 5.56 Å². The molecule has 0 unspecified atom stereocenters. The third-order valence-electron chi connectivity index (χ3n) is 2.90. The number of rotatable bonds is 7. The van der Waals surface area contributed by atoms with Crippen molar-refractivity contribution in [1.29, 1.82) is 0 Å². The first-order valence-corrected chi connectivity index (χ1v) is 7.57. The molecule has 0 spiro atoms. The van der Waals surface area contributed by atoms with Gasteiger partial charge in [0.2, 0.25) is 11.1 Å². The van der Waals surface area contributed by atoms with Gasteiger partial charge >= 0.3 is 6.61 Å². The number of ether oxygens (including phenoxy) is 1. The number of amides is 1. The van der Waals surface area contributed by atoms with Gasteiger partial charge in [-0.05, 0) is 28.1 Å². The van der Waals surface area contributed by atoms with E-state index >= 15 is 0 Å². The van der Waals surface area contributed by atoms with Crippen molar-refractivity contribution >= 4 is 17.7 Å². The maximum atomic E-state index is 12.1. The van der Waals surface area contributed by atoms with Gasteiger partial charge in [-0.2, -0.15) is 8.78 Å². The summed E-state index contributed by atoms with van der Waals surface area (Å²) < 4.78 is 29.9. The van der Waals surface area contributed by atoms with Crippen molar-refractivity contribution in [3.05, 3.63) is 29.8 Å². The summed E-state index contributed by atoms with van der Waals surface area (Å²) >= 11 is 1.24. The SMILES string of the molecule is CN(Cc1ccc(OC(F)F)cc1)C(=O)CSc1nnnn1C. The van der Waals surface area contributed by atoms with Crippen LogP contribution < -0.4 is 4.74 Å². The van der Waals surface area contributed by atoms with Crippen LogP contribution in [0.3, 0.4) is 0 Å². The molecule has 0 saturated heterocycles. The van der Waals surface area contributed by atoms with Crippen molar-refractivity contribution in [3.63, 3.8) is 0 Å². The van der Waals surface area contributed by atoms with E-state index in [0.29, 0.717) is 11.7 Å². The molecule has 2 aromatic rings. The predicted molar refractivity (Wildman–Crippen MR) is 79.1 cm³/mol. The Balaban J connectivity index is 1.84. The van der Waals surface area contributed by atoms with Gasteiger partial charge in [-0.25, -0.2) is 4.68 Å². The zero-order valence-corrected chi connectivity index (χ0v) is 13.3. The van der Waals surface area contributed by atoms with Crippen LogP contribution in [0, 0.1) is 0 Å². The molecule has 0 fully saturated rings. The number of tetrazole rings is 1. The molecule has 1 amide bonds. The molecule has 0 atom stereocenters. The molecule has 0 bridgehead atoms. The fourth-order valence-corrected chi connectivity index (χ4v) is 2.51. The Kier molecular flexibility index (Phi) is 5.85. The van der Waals surface area contributed by atoms with E-state index in [1.807, 2.05) is 0 Å². The zero-order valence-electron chi connectivity index (χ0n) is 12.5. The smallest absolute Gasteiger partial charge is 0.387 e. The Morgan fingerprint density at radius 1 is 1.39 bits per heavy atom. The summed E-state index contributed by atoms with van der Waals surface area (Å²) in [6.07, 6.45) is 0. The first-order chi connectivity index (χ1) is 11.0. The van der Waals surface area contributed by atoms with Gasteiger partial charge in [-0.1, -0.05) is 23.9 Å². The Bertz CT molecular complexity index is 650. The quantitative estimate of drug-likeness (QED) is 0.711. The summed E-state index contributed by atoms with van der Waals surface area (Å²) in [6.45, 7) is -2.48. The van der Waals surface area contributed by atoms with E-state index in [1.54, 1.807) is 31.1 Å². The minimum atomic E-state index is -2.85. The Morgan fingerprint density at radius 2 is 2.09 bits per heavy atom. The summed E-state index contributed by atoms with van der Waals surface area (Å²) in [6, 6.07) is 6.17. The number of halogens is 2. The summed E-state index contributed by atoms with van der Waals surface area (Å²) in [5.74, 6) is 0.200. The second-order valence-electron chi connectivity index (χ2n) is 4.65. The molecule has 0 N–H and O–H groups in total. The Hall–Kier alpha value is -2.23. The van der Waals surface area contributed by atoms with Crippen molar-refractivity contribution in [2.24, 2.45) is 7.05 Å². The van der Waals surface area contributed by atoms with E-state index in [9.17, 15) is 13.6 Å². The molecule has 23 heavy (non-hydrogen) atoms. The zero-order chi connectivity index (χ0) is 16.8. The number of carbonyl (C=O) groups excluding carboxylic acids is 1. The number of benzene rings is 1. The van der Waals surface area contributed by atoms with Crippen LogP contribution in [0.1, 0.15) is 5.56 Å². The second-order valence-corrected chi connectivity index (χ2v) is 5.59. The molecule has 10 heteroatoms. The van der Waals surface area contributed by atoms with Crippen molar-refractivity contribution < 1.29 is 18.3 Å². The minimum Gasteiger partial charge on any atom is -0.435 e. The van der Waals surface area contributed by atoms with Crippen molar-refractivity contribution in [1.82, 2.24) is 25.1 Å². The first-order valence-electron chi connectivity index (χ1n) is 6.58. The van der Waals surface area contributed by atoms with Gasteiger partial charge in [-0.3, -0.25) is 4.79 Å². The van der Waals surface area contributed by atoms with Gasteiger partial charge in [0, 0.05) is 20.6 Å². The molecule has 0 radical (unpaired) electrons. The highest BCUT2D eigenvalue weighted by Crippen LogP contribution is 2.17. The Morgan fingerprint density at radius 3 is 2.65 bits per heavy atom. The molecule has 0 aliphatic heterocycles. The lowest BCUT2D eigenvalue weighted by molar-refractivity contribution is -0.127. The molecule has 0 aliphatic rings. The van der Waals surface area contributed by atoms with Crippen LogP contribution in [-0.2, 0) is 18.4 Å². The third kappa shape index (κ3) is 5.16. The van der Waals surface area contributed by atoms with Crippen LogP contribution in [0.5, 0.6) is 5.75 Å². The van der Waals surface area contributed by atoms with Crippen LogP contribution in [-0.4, -0.2) is 50.4 Å². The van der Waals surface area contributed by atoms with Gasteiger partial charge in [0.1, 0.15) is 5.75 Å². The van der Waals surface area contributed by atoms with E-state index < -0.39 is 6.61 Å². The minimum absolute atomic E-state index is 0.0862. The van der Waals surface area contributed by atoms with Gasteiger partial charge < -0.3 is 9.64 Å². The fraction of sp³-hybridized carbons (Fsp3) is 0.385. The van der Waals surface area contributed by atoms with Gasteiger partial charge in [0.25, 0.3) is 0 Å². The van der Waals surface area contributed by atoms with Gasteiger partial charge in [0.05, 0.1) is 5.75 Å². The summed E-state index contributed by atoms with van der Waals surface area (Å²) in [7, 11) is 3.36. The van der Waals surface area contributed by atoms with E-state index in [2.05, 4.69) is 20.3 Å². The van der Waals surface area contributed by atoms with Gasteiger partial charge in [-0.15, -0.1) is 5.10 Å². The van der Waals surface area contributed by atoms with Crippen molar-refractivity contribution in [2.45, 2.75) is 18.3 Å². The molecule has 2 rings (SSSR count). The number of thioether (sulfide) groups is 1. The average Bonchev–Trinajstić information content (AvgIpc) is 2.91. The average molecular weight is 343 g/mol. The molecule has 0 saturated carbocycles. The largest absolute Gasteiger partial charge is 0.435 e. The number of carbonyl (C=O) groups is 1. The van der Waals surface area contributed by atoms with Crippen LogP contribution in [0.4, 0.5) is 8.78 Å². The van der Waals surface area contributed by atoms with Crippen molar-refractivity contribution in [3.8, 4) is 5.75 Å². The van der Waals surface area contributed by atoms with E-state index in [4.69, 9.17) is 0 Å². The molecule has 1 heterocycles. The number of aryl methyl sites for hydroxylation is 1. The second kappa shape index (κ2) is 7.86.